The minimum atomic E-state index is -2.75. The van der Waals surface area contributed by atoms with Gasteiger partial charge >= 0.3 is 40.2 Å². The van der Waals surface area contributed by atoms with E-state index in [-0.39, 0.29) is 6.23 Å². The molecule has 1 saturated heterocycles. The molecule has 1 fully saturated rings. The SMILES string of the molecule is C=C(C)C(=O)OC[Si]1(C)O[Si](C)(C)O[Si](C)(C)O[Si](C)(C)O1. The number of carbonyl (C=O) groups excluding carboxylic acids is 1. The van der Waals surface area contributed by atoms with Crippen molar-refractivity contribution >= 4 is 40.2 Å². The predicted molar refractivity (Wildman–Crippen MR) is 94.2 cm³/mol. The summed E-state index contributed by atoms with van der Waals surface area (Å²) in [4.78, 5) is 11.7. The number of esters is 1. The largest absolute Gasteiger partial charge is 0.460 e. The molecule has 10 heteroatoms. The monoisotopic (exact) mass is 380 g/mol. The second-order valence-corrected chi connectivity index (χ2v) is 21.3. The fourth-order valence-corrected chi connectivity index (χ4v) is 23.5. The van der Waals surface area contributed by atoms with Crippen molar-refractivity contribution < 1.29 is 26.0 Å². The summed E-state index contributed by atoms with van der Waals surface area (Å²) in [5, 5.41) is 0. The Morgan fingerprint density at radius 1 is 0.864 bits per heavy atom. The summed E-state index contributed by atoms with van der Waals surface area (Å²) in [7, 11) is -9.89. The molecule has 1 aliphatic rings. The van der Waals surface area contributed by atoms with Crippen LogP contribution in [0.15, 0.2) is 12.2 Å². The normalized spacial score (nSPS) is 25.6. The van der Waals surface area contributed by atoms with Crippen LogP contribution in [0.1, 0.15) is 6.92 Å². The summed E-state index contributed by atoms with van der Waals surface area (Å²) < 4.78 is 30.3. The Bertz CT molecular complexity index is 441. The van der Waals surface area contributed by atoms with E-state index in [4.69, 9.17) is 21.2 Å². The highest BCUT2D eigenvalue weighted by atomic mass is 28.5. The molecule has 6 nitrogen and oxygen atoms in total. The molecule has 1 aliphatic heterocycles. The number of hydrogen-bond donors (Lipinski definition) is 0. The maximum atomic E-state index is 11.7. The van der Waals surface area contributed by atoms with Gasteiger partial charge in [0.05, 0.1) is 0 Å². The van der Waals surface area contributed by atoms with Gasteiger partial charge in [0, 0.05) is 5.57 Å². The van der Waals surface area contributed by atoms with E-state index in [0.29, 0.717) is 5.57 Å². The standard InChI is InChI=1S/C12H28O6Si4/c1-11(2)12(13)14-10-22(9)17-20(5,6)15-19(3,4)16-21(7,8)18-22/h1,10H2,2-9H3. The molecule has 128 valence electrons. The molecule has 1 heterocycles. The van der Waals surface area contributed by atoms with Gasteiger partial charge in [0.25, 0.3) is 0 Å². The molecular weight excluding hydrogens is 352 g/mol. The van der Waals surface area contributed by atoms with Crippen molar-refractivity contribution in [1.82, 2.24) is 0 Å². The number of carbonyl (C=O) groups is 1. The Kier molecular flexibility index (Phi) is 5.84. The topological polar surface area (TPSA) is 63.2 Å². The molecule has 0 aromatic rings. The summed E-state index contributed by atoms with van der Waals surface area (Å²) in [5.41, 5.74) is 0.359. The Labute approximate surface area is 137 Å². The van der Waals surface area contributed by atoms with Crippen molar-refractivity contribution in [2.75, 3.05) is 6.23 Å². The lowest BCUT2D eigenvalue weighted by Crippen LogP contribution is -2.66. The molecule has 0 spiro atoms. The first-order chi connectivity index (χ1) is 9.66. The first-order valence-corrected chi connectivity index (χ1v) is 18.3. The molecule has 0 saturated carbocycles. The van der Waals surface area contributed by atoms with Crippen LogP contribution in [-0.2, 0) is 26.0 Å². The minimum Gasteiger partial charge on any atom is -0.460 e. The number of rotatable bonds is 3. The molecule has 0 aromatic carbocycles. The van der Waals surface area contributed by atoms with Gasteiger partial charge in [-0.3, -0.25) is 0 Å². The van der Waals surface area contributed by atoms with E-state index in [9.17, 15) is 4.79 Å². The highest BCUT2D eigenvalue weighted by Crippen LogP contribution is 2.30. The van der Waals surface area contributed by atoms with Crippen LogP contribution in [0.25, 0.3) is 0 Å². The lowest BCUT2D eigenvalue weighted by atomic mass is 10.4. The van der Waals surface area contributed by atoms with Gasteiger partial charge in [-0.15, -0.1) is 0 Å². The maximum Gasteiger partial charge on any atom is 0.356 e. The fourth-order valence-electron chi connectivity index (χ4n) is 2.69. The van der Waals surface area contributed by atoms with Gasteiger partial charge < -0.3 is 21.2 Å². The zero-order chi connectivity index (χ0) is 17.4. The van der Waals surface area contributed by atoms with E-state index in [1.807, 2.05) is 45.8 Å². The van der Waals surface area contributed by atoms with Crippen LogP contribution in [0.2, 0.25) is 45.8 Å². The average Bonchev–Trinajstić information content (AvgIpc) is 2.18. The summed E-state index contributed by atoms with van der Waals surface area (Å²) in [6, 6.07) is 0. The van der Waals surface area contributed by atoms with E-state index in [2.05, 4.69) is 6.58 Å². The minimum absolute atomic E-state index is 0.111. The van der Waals surface area contributed by atoms with E-state index >= 15 is 0 Å². The van der Waals surface area contributed by atoms with Crippen molar-refractivity contribution in [2.24, 2.45) is 0 Å². The van der Waals surface area contributed by atoms with Crippen LogP contribution in [0.5, 0.6) is 0 Å². The molecule has 0 N–H and O–H groups in total. The number of ether oxygens (including phenoxy) is 1. The van der Waals surface area contributed by atoms with E-state index in [0.717, 1.165) is 0 Å². The molecule has 1 rings (SSSR count). The van der Waals surface area contributed by atoms with E-state index in [1.54, 1.807) is 6.92 Å². The molecule has 0 atom stereocenters. The van der Waals surface area contributed by atoms with Crippen LogP contribution in [0.3, 0.4) is 0 Å². The van der Waals surface area contributed by atoms with Gasteiger partial charge in [0.2, 0.25) is 0 Å². The summed E-state index contributed by atoms with van der Waals surface area (Å²) in [6.45, 7) is 19.0. The van der Waals surface area contributed by atoms with E-state index < -0.39 is 40.2 Å². The average molecular weight is 381 g/mol. The zero-order valence-corrected chi connectivity index (χ0v) is 18.9. The van der Waals surface area contributed by atoms with Crippen LogP contribution in [0, 0.1) is 0 Å². The second-order valence-electron chi connectivity index (χ2n) is 7.10. The smallest absolute Gasteiger partial charge is 0.356 e. The van der Waals surface area contributed by atoms with Crippen LogP contribution >= 0.6 is 0 Å². The Hall–Kier alpha value is -0.0825. The molecule has 0 unspecified atom stereocenters. The number of hydrogen-bond acceptors (Lipinski definition) is 6. The van der Waals surface area contributed by atoms with Gasteiger partial charge in [-0.05, 0) is 52.8 Å². The van der Waals surface area contributed by atoms with Crippen LogP contribution < -0.4 is 0 Å². The quantitative estimate of drug-likeness (QED) is 0.426. The molecule has 0 radical (unpaired) electrons. The molecule has 0 amide bonds. The second kappa shape index (κ2) is 6.43. The Morgan fingerprint density at radius 2 is 1.23 bits per heavy atom. The lowest BCUT2D eigenvalue weighted by Gasteiger charge is -2.47. The van der Waals surface area contributed by atoms with Crippen molar-refractivity contribution in [1.29, 1.82) is 0 Å². The molecular formula is C12H28O6Si4. The predicted octanol–water partition coefficient (Wildman–Crippen LogP) is 2.90. The van der Waals surface area contributed by atoms with E-state index in [1.165, 1.54) is 0 Å². The van der Waals surface area contributed by atoms with Gasteiger partial charge in [0.15, 0.2) is 0 Å². The van der Waals surface area contributed by atoms with Crippen molar-refractivity contribution in [2.45, 2.75) is 52.8 Å². The fraction of sp³-hybridized carbons (Fsp3) is 0.750. The summed E-state index contributed by atoms with van der Waals surface area (Å²) >= 11 is 0. The third kappa shape index (κ3) is 6.20. The molecule has 0 aliphatic carbocycles. The summed E-state index contributed by atoms with van der Waals surface area (Å²) in [5.74, 6) is -0.432. The highest BCUT2D eigenvalue weighted by molar-refractivity contribution is 6.93. The first kappa shape index (κ1) is 20.0. The van der Waals surface area contributed by atoms with Gasteiger partial charge in [-0.25, -0.2) is 4.79 Å². The van der Waals surface area contributed by atoms with Gasteiger partial charge in [-0.1, -0.05) is 6.58 Å². The highest BCUT2D eigenvalue weighted by Gasteiger charge is 2.53. The molecule has 0 bridgehead atoms. The van der Waals surface area contributed by atoms with Crippen molar-refractivity contribution in [3.05, 3.63) is 12.2 Å². The Balaban J connectivity index is 2.97. The third-order valence-corrected chi connectivity index (χ3v) is 18.6. The lowest BCUT2D eigenvalue weighted by molar-refractivity contribution is -0.137. The van der Waals surface area contributed by atoms with Gasteiger partial charge in [0.1, 0.15) is 6.23 Å². The first-order valence-electron chi connectivity index (χ1n) is 7.29. The zero-order valence-electron chi connectivity index (χ0n) is 14.9. The van der Waals surface area contributed by atoms with Crippen molar-refractivity contribution in [3.63, 3.8) is 0 Å². The van der Waals surface area contributed by atoms with Gasteiger partial charge in [-0.2, -0.15) is 0 Å². The van der Waals surface area contributed by atoms with Crippen LogP contribution in [0.4, 0.5) is 0 Å². The summed E-state index contributed by atoms with van der Waals surface area (Å²) in [6.07, 6.45) is 0.111. The molecule has 0 aromatic heterocycles. The van der Waals surface area contributed by atoms with Crippen molar-refractivity contribution in [3.8, 4) is 0 Å². The molecule has 22 heavy (non-hydrogen) atoms. The maximum absolute atomic E-state index is 11.7. The van der Waals surface area contributed by atoms with Crippen LogP contribution in [-0.4, -0.2) is 46.4 Å². The Morgan fingerprint density at radius 3 is 1.59 bits per heavy atom. The third-order valence-electron chi connectivity index (χ3n) is 2.72.